The third kappa shape index (κ3) is 3.81. The zero-order valence-electron chi connectivity index (χ0n) is 14.5. The third-order valence-electron chi connectivity index (χ3n) is 4.60. The van der Waals surface area contributed by atoms with Crippen molar-refractivity contribution in [3.8, 4) is 5.69 Å². The summed E-state index contributed by atoms with van der Waals surface area (Å²) in [4.78, 5) is 25.0. The van der Waals surface area contributed by atoms with Crippen LogP contribution in [0.3, 0.4) is 0 Å². The van der Waals surface area contributed by atoms with Crippen LogP contribution < -0.4 is 0 Å². The molecule has 0 saturated carbocycles. The summed E-state index contributed by atoms with van der Waals surface area (Å²) in [5.74, 6) is -2.69. The minimum atomic E-state index is -4.80. The molecular weight excluding hydrogens is 363 g/mol. The lowest BCUT2D eigenvalue weighted by atomic mass is 9.97. The van der Waals surface area contributed by atoms with Gasteiger partial charge in [-0.2, -0.15) is 18.3 Å². The summed E-state index contributed by atoms with van der Waals surface area (Å²) in [7, 11) is 0. The van der Waals surface area contributed by atoms with Crippen molar-refractivity contribution in [3.63, 3.8) is 0 Å². The Bertz CT molecular complexity index is 859. The molecule has 1 aromatic carbocycles. The van der Waals surface area contributed by atoms with Crippen LogP contribution in [0.15, 0.2) is 30.5 Å². The Morgan fingerprint density at radius 1 is 1.22 bits per heavy atom. The number of rotatable bonds is 3. The standard InChI is InChI=1S/C18H18F3N3O3/c1-11-4-6-13(7-5-11)24-15(18(19,20)21)14(9-22-24)16(25)23-8-2-3-12(10-23)17(26)27/h4-7,9,12H,2-3,8,10H2,1H3,(H,26,27). The van der Waals surface area contributed by atoms with E-state index < -0.39 is 35.2 Å². The molecule has 1 aromatic heterocycles. The second kappa shape index (κ2) is 7.05. The van der Waals surface area contributed by atoms with Gasteiger partial charge in [-0.05, 0) is 31.9 Å². The molecule has 0 spiro atoms. The lowest BCUT2D eigenvalue weighted by molar-refractivity contribution is -0.144. The number of amides is 1. The fourth-order valence-corrected chi connectivity index (χ4v) is 3.19. The van der Waals surface area contributed by atoms with Gasteiger partial charge in [-0.3, -0.25) is 9.59 Å². The van der Waals surface area contributed by atoms with Crippen LogP contribution in [0.4, 0.5) is 13.2 Å². The number of carboxylic acid groups (broad SMARTS) is 1. The molecule has 1 N–H and O–H groups in total. The first-order valence-electron chi connectivity index (χ1n) is 8.43. The van der Waals surface area contributed by atoms with Gasteiger partial charge >= 0.3 is 12.1 Å². The fraction of sp³-hybridized carbons (Fsp3) is 0.389. The molecule has 6 nitrogen and oxygen atoms in total. The van der Waals surface area contributed by atoms with Gasteiger partial charge in [0.1, 0.15) is 0 Å². The van der Waals surface area contributed by atoms with Crippen molar-refractivity contribution in [2.75, 3.05) is 13.1 Å². The number of benzene rings is 1. The van der Waals surface area contributed by atoms with Gasteiger partial charge in [0.2, 0.25) is 0 Å². The maximum atomic E-state index is 13.7. The van der Waals surface area contributed by atoms with Crippen molar-refractivity contribution in [3.05, 3.63) is 47.3 Å². The fourth-order valence-electron chi connectivity index (χ4n) is 3.19. The van der Waals surface area contributed by atoms with Gasteiger partial charge in [-0.15, -0.1) is 0 Å². The first-order chi connectivity index (χ1) is 12.7. The van der Waals surface area contributed by atoms with E-state index in [-0.39, 0.29) is 18.8 Å². The van der Waals surface area contributed by atoms with Crippen LogP contribution in [0, 0.1) is 12.8 Å². The molecule has 1 atom stereocenters. The van der Waals surface area contributed by atoms with Crippen LogP contribution >= 0.6 is 0 Å². The number of likely N-dealkylation sites (tertiary alicyclic amines) is 1. The van der Waals surface area contributed by atoms with Gasteiger partial charge in [0.05, 0.1) is 23.4 Å². The van der Waals surface area contributed by atoms with Gasteiger partial charge in [0, 0.05) is 13.1 Å². The van der Waals surface area contributed by atoms with E-state index in [1.807, 2.05) is 6.92 Å². The summed E-state index contributed by atoms with van der Waals surface area (Å²) >= 11 is 0. The zero-order valence-corrected chi connectivity index (χ0v) is 14.5. The van der Waals surface area contributed by atoms with Crippen LogP contribution in [-0.2, 0) is 11.0 Å². The lowest BCUT2D eigenvalue weighted by Crippen LogP contribution is -2.42. The van der Waals surface area contributed by atoms with Crippen LogP contribution in [0.1, 0.15) is 34.5 Å². The monoisotopic (exact) mass is 381 g/mol. The number of aromatic nitrogens is 2. The summed E-state index contributed by atoms with van der Waals surface area (Å²) in [5.41, 5.74) is -0.666. The molecule has 1 amide bonds. The van der Waals surface area contributed by atoms with Crippen LogP contribution in [0.25, 0.3) is 5.69 Å². The molecule has 1 saturated heterocycles. The normalized spacial score (nSPS) is 17.8. The zero-order chi connectivity index (χ0) is 19.8. The van der Waals surface area contributed by atoms with E-state index in [2.05, 4.69) is 5.10 Å². The number of carbonyl (C=O) groups is 2. The maximum absolute atomic E-state index is 13.7. The smallest absolute Gasteiger partial charge is 0.434 e. The van der Waals surface area contributed by atoms with Crippen LogP contribution in [-0.4, -0.2) is 44.8 Å². The molecule has 1 aliphatic heterocycles. The van der Waals surface area contributed by atoms with Gasteiger partial charge in [0.15, 0.2) is 5.69 Å². The molecule has 9 heteroatoms. The SMILES string of the molecule is Cc1ccc(-n2ncc(C(=O)N3CCCC(C(=O)O)C3)c2C(F)(F)F)cc1. The first kappa shape index (κ1) is 18.9. The van der Waals surface area contributed by atoms with Gasteiger partial charge in [-0.25, -0.2) is 4.68 Å². The second-order valence-electron chi connectivity index (χ2n) is 6.58. The van der Waals surface area contributed by atoms with Crippen molar-refractivity contribution in [1.29, 1.82) is 0 Å². The summed E-state index contributed by atoms with van der Waals surface area (Å²) in [6.45, 7) is 1.92. The number of hydrogen-bond donors (Lipinski definition) is 1. The van der Waals surface area contributed by atoms with E-state index in [0.29, 0.717) is 17.5 Å². The second-order valence-corrected chi connectivity index (χ2v) is 6.58. The highest BCUT2D eigenvalue weighted by molar-refractivity contribution is 5.95. The highest BCUT2D eigenvalue weighted by Gasteiger charge is 2.42. The first-order valence-corrected chi connectivity index (χ1v) is 8.43. The third-order valence-corrected chi connectivity index (χ3v) is 4.60. The van der Waals surface area contributed by atoms with E-state index >= 15 is 0 Å². The number of aryl methyl sites for hydroxylation is 1. The van der Waals surface area contributed by atoms with Crippen LogP contribution in [0.2, 0.25) is 0 Å². The molecule has 144 valence electrons. The van der Waals surface area contributed by atoms with E-state index in [1.54, 1.807) is 12.1 Å². The molecular formula is C18H18F3N3O3. The highest BCUT2D eigenvalue weighted by atomic mass is 19.4. The molecule has 1 aliphatic rings. The Hall–Kier alpha value is -2.84. The highest BCUT2D eigenvalue weighted by Crippen LogP contribution is 2.34. The molecule has 2 heterocycles. The van der Waals surface area contributed by atoms with E-state index in [1.165, 1.54) is 12.1 Å². The Kier molecular flexibility index (Phi) is 4.95. The number of piperidine rings is 1. The number of halogens is 3. The van der Waals surface area contributed by atoms with Gasteiger partial charge in [0.25, 0.3) is 5.91 Å². The van der Waals surface area contributed by atoms with Crippen molar-refractivity contribution in [2.24, 2.45) is 5.92 Å². The molecule has 27 heavy (non-hydrogen) atoms. The predicted octanol–water partition coefficient (Wildman–Crippen LogP) is 3.14. The van der Waals surface area contributed by atoms with Crippen molar-refractivity contribution < 1.29 is 27.9 Å². The lowest BCUT2D eigenvalue weighted by Gasteiger charge is -2.30. The Balaban J connectivity index is 1.99. The van der Waals surface area contributed by atoms with Gasteiger partial charge in [-0.1, -0.05) is 17.7 Å². The number of alkyl halides is 3. The number of aliphatic carboxylic acids is 1. The topological polar surface area (TPSA) is 75.4 Å². The van der Waals surface area contributed by atoms with E-state index in [9.17, 15) is 22.8 Å². The number of carboxylic acids is 1. The van der Waals surface area contributed by atoms with E-state index in [4.69, 9.17) is 5.11 Å². The summed E-state index contributed by atoms with van der Waals surface area (Å²) in [6, 6.07) is 6.29. The van der Waals surface area contributed by atoms with Crippen molar-refractivity contribution >= 4 is 11.9 Å². The molecule has 1 unspecified atom stereocenters. The summed E-state index contributed by atoms with van der Waals surface area (Å²) < 4.78 is 41.8. The Labute approximate surface area is 153 Å². The number of nitrogens with zero attached hydrogens (tertiary/aromatic N) is 3. The predicted molar refractivity (Wildman–Crippen MR) is 89.6 cm³/mol. The number of hydrogen-bond acceptors (Lipinski definition) is 3. The van der Waals surface area contributed by atoms with E-state index in [0.717, 1.165) is 16.7 Å². The molecule has 1 fully saturated rings. The largest absolute Gasteiger partial charge is 0.481 e. The molecule has 2 aromatic rings. The molecule has 3 rings (SSSR count). The number of carbonyl (C=O) groups excluding carboxylic acids is 1. The van der Waals surface area contributed by atoms with Crippen LogP contribution in [0.5, 0.6) is 0 Å². The summed E-state index contributed by atoms with van der Waals surface area (Å²) in [5, 5.41) is 12.9. The minimum Gasteiger partial charge on any atom is -0.481 e. The van der Waals surface area contributed by atoms with Gasteiger partial charge < -0.3 is 10.0 Å². The van der Waals surface area contributed by atoms with Crippen molar-refractivity contribution in [1.82, 2.24) is 14.7 Å². The maximum Gasteiger partial charge on any atom is 0.434 e. The molecule has 0 radical (unpaired) electrons. The Morgan fingerprint density at radius 3 is 2.48 bits per heavy atom. The summed E-state index contributed by atoms with van der Waals surface area (Å²) in [6.07, 6.45) is -3.08. The Morgan fingerprint density at radius 2 is 1.89 bits per heavy atom. The average molecular weight is 381 g/mol. The molecule has 0 bridgehead atoms. The van der Waals surface area contributed by atoms with Crippen molar-refractivity contribution in [2.45, 2.75) is 25.9 Å². The minimum absolute atomic E-state index is 0.110. The average Bonchev–Trinajstić information content (AvgIpc) is 3.07. The molecule has 0 aliphatic carbocycles. The quantitative estimate of drug-likeness (QED) is 0.886.